The van der Waals surface area contributed by atoms with Gasteiger partial charge < -0.3 is 4.74 Å². The summed E-state index contributed by atoms with van der Waals surface area (Å²) in [6, 6.07) is 1.62. The van der Waals surface area contributed by atoms with E-state index in [0.717, 1.165) is 0 Å². The molecule has 0 spiro atoms. The van der Waals surface area contributed by atoms with Crippen LogP contribution in [0.15, 0.2) is 22.9 Å². The standard InChI is InChI=1S/C10H10BrNO3/c1-6(10(14)15-2)9(13)7-3-8(11)5-12-4-7/h3-6H,1-2H3. The molecule has 0 saturated heterocycles. The molecule has 1 atom stereocenters. The Kier molecular flexibility index (Phi) is 3.96. The predicted molar refractivity (Wildman–Crippen MR) is 57.4 cm³/mol. The first-order chi connectivity index (χ1) is 7.06. The molecule has 1 aromatic rings. The van der Waals surface area contributed by atoms with Gasteiger partial charge in [0.1, 0.15) is 5.92 Å². The molecule has 5 heteroatoms. The van der Waals surface area contributed by atoms with Crippen LogP contribution in [0.25, 0.3) is 0 Å². The molecule has 4 nitrogen and oxygen atoms in total. The highest BCUT2D eigenvalue weighted by Gasteiger charge is 2.23. The lowest BCUT2D eigenvalue weighted by Crippen LogP contribution is -2.22. The third-order valence-electron chi connectivity index (χ3n) is 1.94. The number of halogens is 1. The summed E-state index contributed by atoms with van der Waals surface area (Å²) >= 11 is 3.20. The average molecular weight is 272 g/mol. The molecule has 0 fully saturated rings. The molecule has 0 amide bonds. The third kappa shape index (κ3) is 2.86. The molecule has 0 aliphatic heterocycles. The Hall–Kier alpha value is -1.23. The largest absolute Gasteiger partial charge is 0.468 e. The predicted octanol–water partition coefficient (Wildman–Crippen LogP) is 1.84. The first-order valence-corrected chi connectivity index (χ1v) is 5.08. The van der Waals surface area contributed by atoms with Crippen LogP contribution in [0.3, 0.4) is 0 Å². The van der Waals surface area contributed by atoms with E-state index in [1.807, 2.05) is 0 Å². The Morgan fingerprint density at radius 2 is 2.13 bits per heavy atom. The summed E-state index contributed by atoms with van der Waals surface area (Å²) in [7, 11) is 1.26. The van der Waals surface area contributed by atoms with Gasteiger partial charge in [0.2, 0.25) is 0 Å². The molecule has 0 saturated carbocycles. The quantitative estimate of drug-likeness (QED) is 0.478. The van der Waals surface area contributed by atoms with Crippen LogP contribution in [-0.4, -0.2) is 23.8 Å². The summed E-state index contributed by atoms with van der Waals surface area (Å²) in [6.07, 6.45) is 2.99. The lowest BCUT2D eigenvalue weighted by Gasteiger charge is -2.07. The number of carbonyl (C=O) groups is 2. The van der Waals surface area contributed by atoms with Gasteiger partial charge in [-0.2, -0.15) is 0 Å². The number of pyridine rings is 1. The Morgan fingerprint density at radius 1 is 1.47 bits per heavy atom. The van der Waals surface area contributed by atoms with Crippen molar-refractivity contribution in [1.29, 1.82) is 0 Å². The maximum Gasteiger partial charge on any atom is 0.316 e. The number of hydrogen-bond donors (Lipinski definition) is 0. The zero-order chi connectivity index (χ0) is 11.4. The number of aromatic nitrogens is 1. The van der Waals surface area contributed by atoms with Gasteiger partial charge in [-0.25, -0.2) is 0 Å². The second kappa shape index (κ2) is 5.02. The Balaban J connectivity index is 2.90. The van der Waals surface area contributed by atoms with Crippen LogP contribution in [0, 0.1) is 5.92 Å². The molecule has 0 aromatic carbocycles. The van der Waals surface area contributed by atoms with Gasteiger partial charge in [0.05, 0.1) is 7.11 Å². The Morgan fingerprint density at radius 3 is 2.67 bits per heavy atom. The van der Waals surface area contributed by atoms with Crippen LogP contribution in [0.2, 0.25) is 0 Å². The van der Waals surface area contributed by atoms with Crippen molar-refractivity contribution in [2.45, 2.75) is 6.92 Å². The number of methoxy groups -OCH3 is 1. The molecular weight excluding hydrogens is 262 g/mol. The van der Waals surface area contributed by atoms with Gasteiger partial charge in [-0.3, -0.25) is 14.6 Å². The van der Waals surface area contributed by atoms with E-state index in [1.165, 1.54) is 20.2 Å². The van der Waals surface area contributed by atoms with Gasteiger partial charge >= 0.3 is 5.97 Å². The first-order valence-electron chi connectivity index (χ1n) is 4.29. The van der Waals surface area contributed by atoms with Crippen LogP contribution in [0.5, 0.6) is 0 Å². The van der Waals surface area contributed by atoms with Crippen LogP contribution >= 0.6 is 15.9 Å². The minimum absolute atomic E-state index is 0.296. The summed E-state index contributed by atoms with van der Waals surface area (Å²) in [5, 5.41) is 0. The highest BCUT2D eigenvalue weighted by molar-refractivity contribution is 9.10. The zero-order valence-electron chi connectivity index (χ0n) is 8.36. The van der Waals surface area contributed by atoms with Gasteiger partial charge in [0, 0.05) is 22.4 Å². The normalized spacial score (nSPS) is 11.9. The van der Waals surface area contributed by atoms with Gasteiger partial charge in [0.15, 0.2) is 5.78 Å². The first kappa shape index (κ1) is 11.8. The van der Waals surface area contributed by atoms with Gasteiger partial charge in [0.25, 0.3) is 0 Å². The molecule has 0 aliphatic rings. The summed E-state index contributed by atoms with van der Waals surface area (Å²) in [5.74, 6) is -1.64. The van der Waals surface area contributed by atoms with Crippen molar-refractivity contribution in [2.24, 2.45) is 5.92 Å². The van der Waals surface area contributed by atoms with E-state index < -0.39 is 11.9 Å². The summed E-state index contributed by atoms with van der Waals surface area (Å²) in [5.41, 5.74) is 0.391. The molecular formula is C10H10BrNO3. The van der Waals surface area contributed by atoms with E-state index in [-0.39, 0.29) is 5.78 Å². The Bertz CT molecular complexity index is 392. The van der Waals surface area contributed by atoms with Crippen LogP contribution in [0.4, 0.5) is 0 Å². The number of rotatable bonds is 3. The summed E-state index contributed by atoms with van der Waals surface area (Å²) in [6.45, 7) is 1.51. The summed E-state index contributed by atoms with van der Waals surface area (Å²) in [4.78, 5) is 26.7. The zero-order valence-corrected chi connectivity index (χ0v) is 9.95. The molecule has 0 bridgehead atoms. The van der Waals surface area contributed by atoms with Gasteiger partial charge in [-0.15, -0.1) is 0 Å². The molecule has 1 rings (SSSR count). The number of hydrogen-bond acceptors (Lipinski definition) is 4. The fourth-order valence-electron chi connectivity index (χ4n) is 1.08. The van der Waals surface area contributed by atoms with Crippen molar-refractivity contribution in [3.8, 4) is 0 Å². The van der Waals surface area contributed by atoms with Crippen molar-refractivity contribution in [3.05, 3.63) is 28.5 Å². The second-order valence-corrected chi connectivity index (χ2v) is 3.92. The van der Waals surface area contributed by atoms with E-state index in [9.17, 15) is 9.59 Å². The smallest absolute Gasteiger partial charge is 0.316 e. The van der Waals surface area contributed by atoms with Gasteiger partial charge in [-0.1, -0.05) is 0 Å². The second-order valence-electron chi connectivity index (χ2n) is 3.00. The lowest BCUT2D eigenvalue weighted by molar-refractivity contribution is -0.143. The van der Waals surface area contributed by atoms with Crippen LogP contribution in [-0.2, 0) is 9.53 Å². The van der Waals surface area contributed by atoms with Crippen molar-refractivity contribution >= 4 is 27.7 Å². The maximum absolute atomic E-state index is 11.7. The van der Waals surface area contributed by atoms with Crippen molar-refractivity contribution < 1.29 is 14.3 Å². The van der Waals surface area contributed by atoms with E-state index in [2.05, 4.69) is 25.7 Å². The number of ether oxygens (including phenoxy) is 1. The van der Waals surface area contributed by atoms with Crippen molar-refractivity contribution in [1.82, 2.24) is 4.98 Å². The minimum atomic E-state index is -0.800. The maximum atomic E-state index is 11.7. The lowest BCUT2D eigenvalue weighted by atomic mass is 10.0. The minimum Gasteiger partial charge on any atom is -0.468 e. The van der Waals surface area contributed by atoms with Crippen LogP contribution in [0.1, 0.15) is 17.3 Å². The van der Waals surface area contributed by atoms with Crippen molar-refractivity contribution in [3.63, 3.8) is 0 Å². The molecule has 15 heavy (non-hydrogen) atoms. The molecule has 80 valence electrons. The number of Topliss-reactive ketones (excluding diaryl/α,β-unsaturated/α-hetero) is 1. The topological polar surface area (TPSA) is 56.3 Å². The molecule has 1 heterocycles. The van der Waals surface area contributed by atoms with E-state index in [1.54, 1.807) is 12.3 Å². The number of carbonyl (C=O) groups excluding carboxylic acids is 2. The molecule has 1 unspecified atom stereocenters. The molecule has 0 N–H and O–H groups in total. The monoisotopic (exact) mass is 271 g/mol. The van der Waals surface area contributed by atoms with Crippen molar-refractivity contribution in [2.75, 3.05) is 7.11 Å². The summed E-state index contributed by atoms with van der Waals surface area (Å²) < 4.78 is 5.19. The number of ketones is 1. The van der Waals surface area contributed by atoms with Gasteiger partial charge in [-0.05, 0) is 28.9 Å². The molecule has 0 radical (unpaired) electrons. The molecule has 0 aliphatic carbocycles. The van der Waals surface area contributed by atoms with E-state index in [0.29, 0.717) is 10.0 Å². The third-order valence-corrected chi connectivity index (χ3v) is 2.37. The highest BCUT2D eigenvalue weighted by atomic mass is 79.9. The Labute approximate surface area is 95.8 Å². The van der Waals surface area contributed by atoms with E-state index in [4.69, 9.17) is 0 Å². The fraction of sp³-hybridized carbons (Fsp3) is 0.300. The number of esters is 1. The number of nitrogens with zero attached hydrogens (tertiary/aromatic N) is 1. The van der Waals surface area contributed by atoms with Crippen LogP contribution < -0.4 is 0 Å². The highest BCUT2D eigenvalue weighted by Crippen LogP contribution is 2.14. The SMILES string of the molecule is COC(=O)C(C)C(=O)c1cncc(Br)c1. The fourth-order valence-corrected chi connectivity index (χ4v) is 1.45. The molecule has 1 aromatic heterocycles. The average Bonchev–Trinajstić information content (AvgIpc) is 2.26. The van der Waals surface area contributed by atoms with E-state index >= 15 is 0 Å².